The highest BCUT2D eigenvalue weighted by Gasteiger charge is 2.05. The molecule has 0 radical (unpaired) electrons. The Morgan fingerprint density at radius 1 is 1.20 bits per heavy atom. The summed E-state index contributed by atoms with van der Waals surface area (Å²) in [6, 6.07) is 15.2. The van der Waals surface area contributed by atoms with Gasteiger partial charge in [0, 0.05) is 10.2 Å². The Morgan fingerprint density at radius 3 is 2.60 bits per heavy atom. The third-order valence-electron chi connectivity index (χ3n) is 2.55. The molecule has 2 rings (SSSR count). The van der Waals surface area contributed by atoms with Gasteiger partial charge < -0.3 is 10.1 Å². The fourth-order valence-corrected chi connectivity index (χ4v) is 1.97. The molecule has 0 aliphatic heterocycles. The molecule has 104 valence electrons. The van der Waals surface area contributed by atoms with Gasteiger partial charge in [0.25, 0.3) is 0 Å². The van der Waals surface area contributed by atoms with E-state index in [1.807, 2.05) is 48.5 Å². The maximum absolute atomic E-state index is 5.50. The number of methoxy groups -OCH3 is 1. The second-order valence-corrected chi connectivity index (χ2v) is 4.83. The summed E-state index contributed by atoms with van der Waals surface area (Å²) < 4.78 is 6.18. The first-order valence-corrected chi connectivity index (χ1v) is 6.73. The van der Waals surface area contributed by atoms with Gasteiger partial charge in [0.15, 0.2) is 0 Å². The molecule has 2 aromatic carbocycles. The van der Waals surface area contributed by atoms with Crippen molar-refractivity contribution in [2.45, 2.75) is 0 Å². The smallest absolute Gasteiger partial charge is 0.215 e. The molecule has 0 bridgehead atoms. The summed E-state index contributed by atoms with van der Waals surface area (Å²) in [6.45, 7) is 0. The summed E-state index contributed by atoms with van der Waals surface area (Å²) in [5, 5.41) is 3.09. The molecule has 0 atom stereocenters. The molecule has 0 aromatic heterocycles. The normalized spacial score (nSPS) is 11.1. The van der Waals surface area contributed by atoms with Crippen molar-refractivity contribution in [3.63, 3.8) is 0 Å². The van der Waals surface area contributed by atoms with Crippen molar-refractivity contribution < 1.29 is 4.74 Å². The maximum Gasteiger partial charge on any atom is 0.215 e. The third kappa shape index (κ3) is 3.72. The van der Waals surface area contributed by atoms with Crippen molar-refractivity contribution in [3.8, 4) is 5.75 Å². The molecule has 2 aromatic rings. The van der Waals surface area contributed by atoms with Crippen LogP contribution in [0.15, 0.2) is 58.0 Å². The van der Waals surface area contributed by atoms with Crippen molar-refractivity contribution in [1.29, 1.82) is 0 Å². The van der Waals surface area contributed by atoms with Crippen LogP contribution >= 0.6 is 15.9 Å². The lowest BCUT2D eigenvalue weighted by atomic mass is 10.3. The quantitative estimate of drug-likeness (QED) is 0.349. The number of nitrogens with one attached hydrogen (secondary N) is 2. The largest absolute Gasteiger partial charge is 0.494 e. The van der Waals surface area contributed by atoms with Crippen LogP contribution in [0.25, 0.3) is 0 Å². The van der Waals surface area contributed by atoms with E-state index >= 15 is 0 Å². The van der Waals surface area contributed by atoms with Gasteiger partial charge >= 0.3 is 0 Å². The number of hydrogen-bond donors (Lipinski definition) is 3. The Bertz CT molecular complexity index is 601. The number of benzene rings is 2. The number of anilines is 1. The minimum Gasteiger partial charge on any atom is -0.494 e. The molecule has 0 saturated heterocycles. The van der Waals surface area contributed by atoms with Crippen molar-refractivity contribution in [2.24, 2.45) is 10.8 Å². The van der Waals surface area contributed by atoms with E-state index in [9.17, 15) is 0 Å². The van der Waals surface area contributed by atoms with Gasteiger partial charge in [-0.25, -0.2) is 10.8 Å². The summed E-state index contributed by atoms with van der Waals surface area (Å²) >= 11 is 3.41. The first kappa shape index (κ1) is 14.4. The van der Waals surface area contributed by atoms with Gasteiger partial charge in [0.1, 0.15) is 11.4 Å². The molecule has 0 fully saturated rings. The monoisotopic (exact) mass is 334 g/mol. The molecule has 20 heavy (non-hydrogen) atoms. The van der Waals surface area contributed by atoms with Crippen LogP contribution in [-0.4, -0.2) is 13.1 Å². The summed E-state index contributed by atoms with van der Waals surface area (Å²) in [5.74, 6) is 6.59. The SMILES string of the molecule is COc1ccc(Br)cc1N=C(NN)Nc1ccccc1. The van der Waals surface area contributed by atoms with Crippen LogP contribution in [0.5, 0.6) is 5.75 Å². The highest BCUT2D eigenvalue weighted by atomic mass is 79.9. The first-order chi connectivity index (χ1) is 9.72. The number of guanidine groups is 1. The van der Waals surface area contributed by atoms with Gasteiger partial charge in [0.2, 0.25) is 5.96 Å². The van der Waals surface area contributed by atoms with E-state index in [-0.39, 0.29) is 0 Å². The van der Waals surface area contributed by atoms with Gasteiger partial charge in [-0.05, 0) is 30.3 Å². The Balaban J connectivity index is 2.29. The van der Waals surface area contributed by atoms with Gasteiger partial charge in [-0.1, -0.05) is 34.1 Å². The zero-order chi connectivity index (χ0) is 14.4. The minimum absolute atomic E-state index is 0.424. The Labute approximate surface area is 126 Å². The van der Waals surface area contributed by atoms with E-state index in [0.29, 0.717) is 17.4 Å². The summed E-state index contributed by atoms with van der Waals surface area (Å²) in [5.41, 5.74) is 4.09. The number of nitrogens with two attached hydrogens (primary N) is 1. The molecule has 0 aliphatic carbocycles. The number of hydrazine groups is 1. The minimum atomic E-state index is 0.424. The molecule has 5 nitrogen and oxygen atoms in total. The van der Waals surface area contributed by atoms with Crippen LogP contribution in [0.1, 0.15) is 0 Å². The number of nitrogens with zero attached hydrogens (tertiary/aromatic N) is 1. The second-order valence-electron chi connectivity index (χ2n) is 3.91. The molecule has 6 heteroatoms. The fourth-order valence-electron chi connectivity index (χ4n) is 1.63. The number of ether oxygens (including phenoxy) is 1. The maximum atomic E-state index is 5.50. The van der Waals surface area contributed by atoms with E-state index in [0.717, 1.165) is 10.2 Å². The average molecular weight is 335 g/mol. The molecule has 0 heterocycles. The van der Waals surface area contributed by atoms with E-state index in [1.54, 1.807) is 7.11 Å². The zero-order valence-electron chi connectivity index (χ0n) is 10.9. The molecule has 0 aliphatic rings. The predicted octanol–water partition coefficient (Wildman–Crippen LogP) is 3.02. The van der Waals surface area contributed by atoms with Crippen LogP contribution in [0.2, 0.25) is 0 Å². The predicted molar refractivity (Wildman–Crippen MR) is 85.2 cm³/mol. The topological polar surface area (TPSA) is 71.7 Å². The number of aliphatic imine (C=N–C) groups is 1. The molecule has 4 N–H and O–H groups in total. The number of para-hydroxylation sites is 1. The first-order valence-electron chi connectivity index (χ1n) is 5.94. The van der Waals surface area contributed by atoms with Crippen LogP contribution in [0.3, 0.4) is 0 Å². The average Bonchev–Trinajstić information content (AvgIpc) is 2.48. The van der Waals surface area contributed by atoms with E-state index < -0.39 is 0 Å². The van der Waals surface area contributed by atoms with Crippen molar-refractivity contribution in [2.75, 3.05) is 12.4 Å². The van der Waals surface area contributed by atoms with Crippen LogP contribution in [0.4, 0.5) is 11.4 Å². The van der Waals surface area contributed by atoms with Gasteiger partial charge in [-0.3, -0.25) is 5.43 Å². The summed E-state index contributed by atoms with van der Waals surface area (Å²) in [6.07, 6.45) is 0. The summed E-state index contributed by atoms with van der Waals surface area (Å²) in [7, 11) is 1.60. The summed E-state index contributed by atoms with van der Waals surface area (Å²) in [4.78, 5) is 4.42. The second kappa shape index (κ2) is 6.93. The highest BCUT2D eigenvalue weighted by Crippen LogP contribution is 2.30. The molecular formula is C14H15BrN4O. The van der Waals surface area contributed by atoms with Crippen LogP contribution in [0, 0.1) is 0 Å². The lowest BCUT2D eigenvalue weighted by Gasteiger charge is -2.10. The van der Waals surface area contributed by atoms with Crippen molar-refractivity contribution in [1.82, 2.24) is 5.43 Å². The lowest BCUT2D eigenvalue weighted by Crippen LogP contribution is -2.35. The van der Waals surface area contributed by atoms with E-state index in [4.69, 9.17) is 10.6 Å². The highest BCUT2D eigenvalue weighted by molar-refractivity contribution is 9.10. The zero-order valence-corrected chi connectivity index (χ0v) is 12.5. The van der Waals surface area contributed by atoms with E-state index in [1.165, 1.54) is 0 Å². The number of hydrogen-bond acceptors (Lipinski definition) is 3. The third-order valence-corrected chi connectivity index (χ3v) is 3.04. The lowest BCUT2D eigenvalue weighted by molar-refractivity contribution is 0.416. The molecular weight excluding hydrogens is 320 g/mol. The van der Waals surface area contributed by atoms with Gasteiger partial charge in [-0.2, -0.15) is 0 Å². The molecule has 0 unspecified atom stereocenters. The molecule has 0 saturated carbocycles. The van der Waals surface area contributed by atoms with Gasteiger partial charge in [-0.15, -0.1) is 0 Å². The fraction of sp³-hybridized carbons (Fsp3) is 0.0714. The van der Waals surface area contributed by atoms with Crippen molar-refractivity contribution in [3.05, 3.63) is 53.0 Å². The number of halogens is 1. The Kier molecular flexibility index (Phi) is 4.97. The standard InChI is InChI=1S/C14H15BrN4O/c1-20-13-8-7-10(15)9-12(13)18-14(19-16)17-11-5-3-2-4-6-11/h2-9H,16H2,1H3,(H2,17,18,19). The van der Waals surface area contributed by atoms with Crippen LogP contribution < -0.4 is 21.3 Å². The Hall–Kier alpha value is -2.05. The van der Waals surface area contributed by atoms with E-state index in [2.05, 4.69) is 31.7 Å². The van der Waals surface area contributed by atoms with Crippen molar-refractivity contribution >= 4 is 33.3 Å². The molecule has 0 spiro atoms. The van der Waals surface area contributed by atoms with Gasteiger partial charge in [0.05, 0.1) is 7.11 Å². The van der Waals surface area contributed by atoms with Crippen LogP contribution in [-0.2, 0) is 0 Å². The Morgan fingerprint density at radius 2 is 1.95 bits per heavy atom. The molecule has 0 amide bonds. The number of rotatable bonds is 3.